The molecule has 0 bridgehead atoms. The lowest BCUT2D eigenvalue weighted by Gasteiger charge is -2.15. The summed E-state index contributed by atoms with van der Waals surface area (Å²) in [5.41, 5.74) is 4.16. The molecule has 6 heteroatoms. The second-order valence-corrected chi connectivity index (χ2v) is 6.90. The summed E-state index contributed by atoms with van der Waals surface area (Å²) in [6.45, 7) is 1.91. The molecule has 3 aromatic carbocycles. The Kier molecular flexibility index (Phi) is 5.85. The number of nitrogens with zero attached hydrogens (tertiary/aromatic N) is 3. The highest BCUT2D eigenvalue weighted by Gasteiger charge is 2.11. The number of benzene rings is 3. The molecule has 0 aliphatic rings. The number of amides is 1. The molecule has 4 aromatic rings. The number of hydrogen-bond acceptors (Lipinski definition) is 4. The van der Waals surface area contributed by atoms with Gasteiger partial charge in [-0.25, -0.2) is 9.67 Å². The molecule has 0 aliphatic carbocycles. The minimum Gasteiger partial charge on any atom is -0.484 e. The van der Waals surface area contributed by atoms with Gasteiger partial charge in [0.2, 0.25) is 0 Å². The van der Waals surface area contributed by atoms with Gasteiger partial charge >= 0.3 is 0 Å². The number of ether oxygens (including phenoxy) is 1. The maximum atomic E-state index is 12.3. The van der Waals surface area contributed by atoms with Crippen LogP contribution in [0.15, 0.2) is 91.5 Å². The monoisotopic (exact) mass is 398 g/mol. The van der Waals surface area contributed by atoms with E-state index >= 15 is 0 Å². The Morgan fingerprint density at radius 3 is 2.33 bits per heavy atom. The van der Waals surface area contributed by atoms with E-state index in [1.807, 2.05) is 73.7 Å². The summed E-state index contributed by atoms with van der Waals surface area (Å²) in [6.07, 6.45) is 3.13. The first-order valence-electron chi connectivity index (χ1n) is 9.71. The maximum absolute atomic E-state index is 12.3. The summed E-state index contributed by atoms with van der Waals surface area (Å²) in [7, 11) is 0. The van der Waals surface area contributed by atoms with Crippen molar-refractivity contribution in [3.8, 4) is 22.6 Å². The average Bonchev–Trinajstić information content (AvgIpc) is 3.34. The van der Waals surface area contributed by atoms with Crippen LogP contribution in [0.1, 0.15) is 18.5 Å². The number of rotatable bonds is 7. The van der Waals surface area contributed by atoms with Gasteiger partial charge in [-0.15, -0.1) is 0 Å². The third-order valence-corrected chi connectivity index (χ3v) is 4.79. The van der Waals surface area contributed by atoms with Crippen LogP contribution in [0.5, 0.6) is 5.75 Å². The van der Waals surface area contributed by atoms with Crippen molar-refractivity contribution in [3.05, 3.63) is 97.1 Å². The Labute approximate surface area is 175 Å². The Bertz CT molecular complexity index is 1080. The van der Waals surface area contributed by atoms with Gasteiger partial charge in [0.1, 0.15) is 18.4 Å². The first-order valence-corrected chi connectivity index (χ1v) is 9.71. The average molecular weight is 398 g/mol. The molecule has 30 heavy (non-hydrogen) atoms. The molecule has 0 fully saturated rings. The lowest BCUT2D eigenvalue weighted by Crippen LogP contribution is -2.31. The Hall–Kier alpha value is -3.93. The highest BCUT2D eigenvalue weighted by atomic mass is 16.5. The summed E-state index contributed by atoms with van der Waals surface area (Å²) >= 11 is 0. The third-order valence-electron chi connectivity index (χ3n) is 4.79. The summed E-state index contributed by atoms with van der Waals surface area (Å²) in [4.78, 5) is 16.2. The lowest BCUT2D eigenvalue weighted by atomic mass is 10.1. The third kappa shape index (κ3) is 4.72. The fraction of sp³-hybridized carbons (Fsp3) is 0.125. The van der Waals surface area contributed by atoms with Crippen molar-refractivity contribution in [1.82, 2.24) is 20.1 Å². The van der Waals surface area contributed by atoms with Crippen LogP contribution < -0.4 is 10.1 Å². The molecule has 1 amide bonds. The molecule has 0 unspecified atom stereocenters. The van der Waals surface area contributed by atoms with E-state index in [0.717, 1.165) is 22.4 Å². The van der Waals surface area contributed by atoms with Crippen molar-refractivity contribution < 1.29 is 9.53 Å². The van der Waals surface area contributed by atoms with Crippen LogP contribution >= 0.6 is 0 Å². The number of hydrogen-bond donors (Lipinski definition) is 1. The zero-order valence-corrected chi connectivity index (χ0v) is 16.6. The highest BCUT2D eigenvalue weighted by Crippen LogP contribution is 2.22. The quantitative estimate of drug-likeness (QED) is 0.507. The number of carbonyl (C=O) groups excluding carboxylic acids is 1. The van der Waals surface area contributed by atoms with Gasteiger partial charge in [-0.2, -0.15) is 5.10 Å². The molecular weight excluding hydrogens is 376 g/mol. The number of carbonyl (C=O) groups is 1. The predicted octanol–water partition coefficient (Wildman–Crippen LogP) is 4.19. The first kappa shape index (κ1) is 19.4. The van der Waals surface area contributed by atoms with E-state index in [-0.39, 0.29) is 18.6 Å². The normalized spacial score (nSPS) is 11.6. The van der Waals surface area contributed by atoms with Crippen LogP contribution in [0.2, 0.25) is 0 Å². The van der Waals surface area contributed by atoms with Crippen molar-refractivity contribution in [2.24, 2.45) is 0 Å². The molecule has 0 spiro atoms. The second kappa shape index (κ2) is 9.05. The molecule has 1 N–H and O–H groups in total. The smallest absolute Gasteiger partial charge is 0.258 e. The van der Waals surface area contributed by atoms with Crippen LogP contribution in [0, 0.1) is 0 Å². The second-order valence-electron chi connectivity index (χ2n) is 6.90. The van der Waals surface area contributed by atoms with E-state index in [1.165, 1.54) is 6.33 Å². The van der Waals surface area contributed by atoms with Gasteiger partial charge in [0.15, 0.2) is 6.61 Å². The van der Waals surface area contributed by atoms with Crippen molar-refractivity contribution in [1.29, 1.82) is 0 Å². The van der Waals surface area contributed by atoms with Crippen molar-refractivity contribution in [2.45, 2.75) is 13.0 Å². The van der Waals surface area contributed by atoms with Gasteiger partial charge < -0.3 is 10.1 Å². The molecule has 4 rings (SSSR count). The van der Waals surface area contributed by atoms with Gasteiger partial charge in [0, 0.05) is 0 Å². The van der Waals surface area contributed by atoms with Gasteiger partial charge in [0.25, 0.3) is 5.91 Å². The largest absolute Gasteiger partial charge is 0.484 e. The van der Waals surface area contributed by atoms with Gasteiger partial charge in [-0.1, -0.05) is 54.6 Å². The Morgan fingerprint density at radius 2 is 1.67 bits per heavy atom. The van der Waals surface area contributed by atoms with E-state index < -0.39 is 0 Å². The molecule has 0 saturated carbocycles. The predicted molar refractivity (Wildman–Crippen MR) is 115 cm³/mol. The van der Waals surface area contributed by atoms with Crippen molar-refractivity contribution in [3.63, 3.8) is 0 Å². The zero-order chi connectivity index (χ0) is 20.8. The molecule has 0 aliphatic heterocycles. The molecule has 0 radical (unpaired) electrons. The molecule has 1 heterocycles. The summed E-state index contributed by atoms with van der Waals surface area (Å²) < 4.78 is 7.32. The summed E-state index contributed by atoms with van der Waals surface area (Å²) in [6, 6.07) is 25.5. The van der Waals surface area contributed by atoms with Crippen LogP contribution in [-0.4, -0.2) is 27.3 Å². The molecule has 6 nitrogen and oxygen atoms in total. The zero-order valence-electron chi connectivity index (χ0n) is 16.6. The van der Waals surface area contributed by atoms with Gasteiger partial charge in [-0.3, -0.25) is 4.79 Å². The molecule has 1 atom stereocenters. The Morgan fingerprint density at radius 1 is 0.967 bits per heavy atom. The molecular formula is C24H22N4O2. The van der Waals surface area contributed by atoms with E-state index in [9.17, 15) is 4.79 Å². The SMILES string of the molecule is C[C@H](NC(=O)COc1ccc(-c2ccccc2)cc1)c1ccc(-n2cncn2)cc1. The fourth-order valence-electron chi connectivity index (χ4n) is 3.15. The minimum absolute atomic E-state index is 0.0357. The summed E-state index contributed by atoms with van der Waals surface area (Å²) in [5.74, 6) is 0.490. The molecule has 0 saturated heterocycles. The fourth-order valence-corrected chi connectivity index (χ4v) is 3.15. The maximum Gasteiger partial charge on any atom is 0.258 e. The lowest BCUT2D eigenvalue weighted by molar-refractivity contribution is -0.123. The highest BCUT2D eigenvalue weighted by molar-refractivity contribution is 5.78. The standard InChI is InChI=1S/C24H22N4O2/c1-18(19-7-11-22(12-8-19)28-17-25-16-26-28)27-24(29)15-30-23-13-9-21(10-14-23)20-5-3-2-4-6-20/h2-14,16-18H,15H2,1H3,(H,27,29)/t18-/m0/s1. The van der Waals surface area contributed by atoms with E-state index in [4.69, 9.17) is 4.74 Å². The van der Waals surface area contributed by atoms with E-state index in [2.05, 4.69) is 27.5 Å². The van der Waals surface area contributed by atoms with Crippen molar-refractivity contribution in [2.75, 3.05) is 6.61 Å². The topological polar surface area (TPSA) is 69.0 Å². The minimum atomic E-state index is -0.171. The van der Waals surface area contributed by atoms with E-state index in [1.54, 1.807) is 11.0 Å². The summed E-state index contributed by atoms with van der Waals surface area (Å²) in [5, 5.41) is 7.06. The Balaban J connectivity index is 1.29. The molecule has 150 valence electrons. The van der Waals surface area contributed by atoms with Crippen LogP contribution in [-0.2, 0) is 4.79 Å². The van der Waals surface area contributed by atoms with Crippen LogP contribution in [0.4, 0.5) is 0 Å². The van der Waals surface area contributed by atoms with Crippen LogP contribution in [0.3, 0.4) is 0 Å². The number of aromatic nitrogens is 3. The number of nitrogens with one attached hydrogen (secondary N) is 1. The molecule has 1 aromatic heterocycles. The first-order chi connectivity index (χ1) is 14.7. The van der Waals surface area contributed by atoms with Gasteiger partial charge in [-0.05, 0) is 47.9 Å². The van der Waals surface area contributed by atoms with Crippen molar-refractivity contribution >= 4 is 5.91 Å². The van der Waals surface area contributed by atoms with Gasteiger partial charge in [0.05, 0.1) is 11.7 Å². The van der Waals surface area contributed by atoms with E-state index in [0.29, 0.717) is 5.75 Å². The van der Waals surface area contributed by atoms with Crippen LogP contribution in [0.25, 0.3) is 16.8 Å².